The van der Waals surface area contributed by atoms with E-state index in [1.54, 1.807) is 6.92 Å². The van der Waals surface area contributed by atoms with Gasteiger partial charge in [0.05, 0.1) is 16.7 Å². The summed E-state index contributed by atoms with van der Waals surface area (Å²) in [6, 6.07) is 3.16. The van der Waals surface area contributed by atoms with Crippen LogP contribution in [0.25, 0.3) is 0 Å². The fourth-order valence-electron chi connectivity index (χ4n) is 1.61. The van der Waals surface area contributed by atoms with E-state index in [-0.39, 0.29) is 17.0 Å². The van der Waals surface area contributed by atoms with E-state index in [2.05, 4.69) is 10.5 Å². The van der Waals surface area contributed by atoms with E-state index in [0.29, 0.717) is 5.56 Å². The SMILES string of the molecule is Cc1cnoc1C(=O)Nc1ccc(C(=O)O)cc1[N+](=O)[O-]. The molecule has 0 aliphatic carbocycles. The van der Waals surface area contributed by atoms with Crippen molar-refractivity contribution in [3.63, 3.8) is 0 Å². The van der Waals surface area contributed by atoms with Crippen molar-refractivity contribution >= 4 is 23.3 Å². The summed E-state index contributed by atoms with van der Waals surface area (Å²) in [4.78, 5) is 32.9. The second-order valence-corrected chi connectivity index (χ2v) is 4.09. The number of carboxylic acids is 1. The number of nitro benzene ring substituents is 1. The smallest absolute Gasteiger partial charge is 0.335 e. The van der Waals surface area contributed by atoms with E-state index in [4.69, 9.17) is 9.63 Å². The second kappa shape index (κ2) is 5.41. The third kappa shape index (κ3) is 2.86. The first-order chi connectivity index (χ1) is 9.90. The number of hydrogen-bond acceptors (Lipinski definition) is 6. The van der Waals surface area contributed by atoms with E-state index in [0.717, 1.165) is 18.2 Å². The van der Waals surface area contributed by atoms with Crippen LogP contribution in [0.4, 0.5) is 11.4 Å². The summed E-state index contributed by atoms with van der Waals surface area (Å²) in [5.74, 6) is -2.09. The Bertz CT molecular complexity index is 736. The highest BCUT2D eigenvalue weighted by Crippen LogP contribution is 2.26. The Labute approximate surface area is 117 Å². The summed E-state index contributed by atoms with van der Waals surface area (Å²) < 4.78 is 4.73. The van der Waals surface area contributed by atoms with Crippen molar-refractivity contribution in [1.29, 1.82) is 0 Å². The van der Waals surface area contributed by atoms with Crippen LogP contribution >= 0.6 is 0 Å². The quantitative estimate of drug-likeness (QED) is 0.647. The number of nitrogens with one attached hydrogen (secondary N) is 1. The number of carbonyl (C=O) groups excluding carboxylic acids is 1. The molecule has 0 aliphatic rings. The average molecular weight is 291 g/mol. The van der Waals surface area contributed by atoms with Gasteiger partial charge in [0.1, 0.15) is 5.69 Å². The van der Waals surface area contributed by atoms with Gasteiger partial charge in [-0.1, -0.05) is 5.16 Å². The fourth-order valence-corrected chi connectivity index (χ4v) is 1.61. The molecule has 0 fully saturated rings. The molecular formula is C12H9N3O6. The Morgan fingerprint density at radius 1 is 1.43 bits per heavy atom. The minimum Gasteiger partial charge on any atom is -0.478 e. The number of aryl methyl sites for hydroxylation is 1. The molecule has 1 aromatic heterocycles. The molecule has 0 radical (unpaired) electrons. The highest BCUT2D eigenvalue weighted by molar-refractivity contribution is 6.04. The van der Waals surface area contributed by atoms with E-state index in [1.807, 2.05) is 0 Å². The molecule has 0 bridgehead atoms. The summed E-state index contributed by atoms with van der Waals surface area (Å²) in [6.45, 7) is 1.59. The Kier molecular flexibility index (Phi) is 3.65. The van der Waals surface area contributed by atoms with Crippen LogP contribution < -0.4 is 5.32 Å². The van der Waals surface area contributed by atoms with Crippen LogP contribution in [0.1, 0.15) is 26.5 Å². The van der Waals surface area contributed by atoms with Crippen molar-refractivity contribution < 1.29 is 24.1 Å². The molecule has 2 rings (SSSR count). The molecule has 1 aromatic carbocycles. The zero-order chi connectivity index (χ0) is 15.6. The number of carboxylic acid groups (broad SMARTS) is 1. The first kappa shape index (κ1) is 14.2. The monoisotopic (exact) mass is 291 g/mol. The summed E-state index contributed by atoms with van der Waals surface area (Å²) in [5, 5.41) is 25.5. The maximum Gasteiger partial charge on any atom is 0.335 e. The summed E-state index contributed by atoms with van der Waals surface area (Å²) in [7, 11) is 0. The van der Waals surface area contributed by atoms with E-state index in [9.17, 15) is 19.7 Å². The molecule has 0 atom stereocenters. The van der Waals surface area contributed by atoms with Crippen LogP contribution in [0.15, 0.2) is 28.9 Å². The summed E-state index contributed by atoms with van der Waals surface area (Å²) in [5.41, 5.74) is -0.445. The van der Waals surface area contributed by atoms with Crippen molar-refractivity contribution in [2.24, 2.45) is 0 Å². The number of nitrogens with zero attached hydrogens (tertiary/aromatic N) is 2. The lowest BCUT2D eigenvalue weighted by Gasteiger charge is -2.05. The number of carbonyl (C=O) groups is 2. The van der Waals surface area contributed by atoms with Gasteiger partial charge in [-0.25, -0.2) is 4.79 Å². The third-order valence-corrected chi connectivity index (χ3v) is 2.64. The molecule has 9 heteroatoms. The standard InChI is InChI=1S/C12H9N3O6/c1-6-5-13-21-10(6)11(16)14-8-3-2-7(12(17)18)4-9(8)15(19)20/h2-5H,1H3,(H,14,16)(H,17,18). The Morgan fingerprint density at radius 2 is 2.14 bits per heavy atom. The largest absolute Gasteiger partial charge is 0.478 e. The molecule has 0 saturated heterocycles. The normalized spacial score (nSPS) is 10.1. The molecule has 0 spiro atoms. The number of benzene rings is 1. The number of rotatable bonds is 4. The van der Waals surface area contributed by atoms with Gasteiger partial charge in [-0.15, -0.1) is 0 Å². The molecule has 21 heavy (non-hydrogen) atoms. The molecule has 108 valence electrons. The molecule has 0 aliphatic heterocycles. The highest BCUT2D eigenvalue weighted by Gasteiger charge is 2.21. The minimum atomic E-state index is -1.30. The van der Waals surface area contributed by atoms with Gasteiger partial charge in [0.15, 0.2) is 0 Å². The topological polar surface area (TPSA) is 136 Å². The van der Waals surface area contributed by atoms with Crippen LogP contribution in [0.2, 0.25) is 0 Å². The molecule has 2 aromatic rings. The molecule has 0 unspecified atom stereocenters. The highest BCUT2D eigenvalue weighted by atomic mass is 16.6. The van der Waals surface area contributed by atoms with Gasteiger partial charge in [0.2, 0.25) is 5.76 Å². The molecule has 0 saturated carbocycles. The lowest BCUT2D eigenvalue weighted by Crippen LogP contribution is -2.14. The van der Waals surface area contributed by atoms with Crippen molar-refractivity contribution in [3.8, 4) is 0 Å². The molecule has 1 amide bonds. The first-order valence-corrected chi connectivity index (χ1v) is 5.64. The van der Waals surface area contributed by atoms with E-state index < -0.39 is 22.5 Å². The Morgan fingerprint density at radius 3 is 2.67 bits per heavy atom. The van der Waals surface area contributed by atoms with Gasteiger partial charge in [-0.2, -0.15) is 0 Å². The molecule has 9 nitrogen and oxygen atoms in total. The summed E-state index contributed by atoms with van der Waals surface area (Å²) >= 11 is 0. The fraction of sp³-hybridized carbons (Fsp3) is 0.0833. The predicted molar refractivity (Wildman–Crippen MR) is 69.2 cm³/mol. The van der Waals surface area contributed by atoms with Crippen molar-refractivity contribution in [1.82, 2.24) is 5.16 Å². The first-order valence-electron chi connectivity index (χ1n) is 5.64. The van der Waals surface area contributed by atoms with Gasteiger partial charge in [-0.3, -0.25) is 14.9 Å². The number of aromatic nitrogens is 1. The molecule has 1 heterocycles. The van der Waals surface area contributed by atoms with Crippen LogP contribution in [0.3, 0.4) is 0 Å². The summed E-state index contributed by atoms with van der Waals surface area (Å²) in [6.07, 6.45) is 1.33. The Balaban J connectivity index is 2.36. The zero-order valence-corrected chi connectivity index (χ0v) is 10.7. The molecule has 2 N–H and O–H groups in total. The molecular weight excluding hydrogens is 282 g/mol. The second-order valence-electron chi connectivity index (χ2n) is 4.09. The number of nitro groups is 1. The average Bonchev–Trinajstić information content (AvgIpc) is 2.85. The van der Waals surface area contributed by atoms with Crippen molar-refractivity contribution in [2.45, 2.75) is 6.92 Å². The Hall–Kier alpha value is -3.23. The van der Waals surface area contributed by atoms with Crippen LogP contribution in [-0.4, -0.2) is 27.1 Å². The minimum absolute atomic E-state index is 0.0772. The number of aromatic carboxylic acids is 1. The van der Waals surface area contributed by atoms with Crippen molar-refractivity contribution in [2.75, 3.05) is 5.32 Å². The number of anilines is 1. The van der Waals surface area contributed by atoms with Crippen molar-refractivity contribution in [3.05, 3.63) is 51.4 Å². The lowest BCUT2D eigenvalue weighted by atomic mass is 10.1. The maximum atomic E-state index is 11.9. The van der Waals surface area contributed by atoms with Crippen LogP contribution in [-0.2, 0) is 0 Å². The number of hydrogen-bond donors (Lipinski definition) is 2. The number of amides is 1. The van der Waals surface area contributed by atoms with Crippen LogP contribution in [0.5, 0.6) is 0 Å². The van der Waals surface area contributed by atoms with Gasteiger partial charge in [0, 0.05) is 11.6 Å². The zero-order valence-electron chi connectivity index (χ0n) is 10.7. The van der Waals surface area contributed by atoms with E-state index >= 15 is 0 Å². The third-order valence-electron chi connectivity index (χ3n) is 2.64. The van der Waals surface area contributed by atoms with Gasteiger partial charge < -0.3 is 14.9 Å². The van der Waals surface area contributed by atoms with Gasteiger partial charge in [-0.05, 0) is 19.1 Å². The van der Waals surface area contributed by atoms with Crippen LogP contribution in [0, 0.1) is 17.0 Å². The lowest BCUT2D eigenvalue weighted by molar-refractivity contribution is -0.383. The van der Waals surface area contributed by atoms with Gasteiger partial charge >= 0.3 is 5.97 Å². The maximum absolute atomic E-state index is 11.9. The van der Waals surface area contributed by atoms with E-state index in [1.165, 1.54) is 6.20 Å². The predicted octanol–water partition coefficient (Wildman–Crippen LogP) is 1.84. The van der Waals surface area contributed by atoms with Gasteiger partial charge in [0.25, 0.3) is 11.6 Å².